The number of carbonyl (C=O) groups is 2. The summed E-state index contributed by atoms with van der Waals surface area (Å²) in [6.45, 7) is 2.30. The summed E-state index contributed by atoms with van der Waals surface area (Å²) < 4.78 is 5.09. The van der Waals surface area contributed by atoms with E-state index in [2.05, 4.69) is 23.1 Å². The lowest BCUT2D eigenvalue weighted by atomic mass is 9.88. The van der Waals surface area contributed by atoms with E-state index in [1.807, 2.05) is 29.6 Å². The molecule has 2 aromatic rings. The third kappa shape index (κ3) is 4.35. The minimum Gasteiger partial charge on any atom is -0.497 e. The molecule has 0 unspecified atom stereocenters. The molecule has 1 atom stereocenters. The number of hydrogen-bond acceptors (Lipinski definition) is 5. The van der Waals surface area contributed by atoms with E-state index in [0.717, 1.165) is 36.3 Å². The van der Waals surface area contributed by atoms with Crippen LogP contribution >= 0.6 is 11.3 Å². The number of hydrazine groups is 1. The first-order valence-corrected chi connectivity index (χ1v) is 9.51. The zero-order valence-corrected chi connectivity index (χ0v) is 15.7. The van der Waals surface area contributed by atoms with Gasteiger partial charge >= 0.3 is 0 Å². The van der Waals surface area contributed by atoms with Crippen LogP contribution in [0.5, 0.6) is 5.75 Å². The van der Waals surface area contributed by atoms with Gasteiger partial charge in [-0.25, -0.2) is 0 Å². The van der Waals surface area contributed by atoms with Crippen LogP contribution in [0.25, 0.3) is 0 Å². The lowest BCUT2D eigenvalue weighted by Gasteiger charge is -2.18. The molecular formula is C19H23N3O3S. The summed E-state index contributed by atoms with van der Waals surface area (Å²) in [5.74, 6) is 0.850. The Balaban J connectivity index is 1.47. The summed E-state index contributed by atoms with van der Waals surface area (Å²) in [6.07, 6.45) is 3.06. The number of carbonyl (C=O) groups excluding carboxylic acids is 2. The maximum absolute atomic E-state index is 12.4. The lowest BCUT2D eigenvalue weighted by molar-refractivity contribution is -0.120. The van der Waals surface area contributed by atoms with Crippen LogP contribution in [0.4, 0.5) is 5.69 Å². The maximum atomic E-state index is 12.4. The number of amides is 2. The molecule has 0 radical (unpaired) electrons. The van der Waals surface area contributed by atoms with Crippen molar-refractivity contribution in [2.24, 2.45) is 5.92 Å². The third-order valence-electron chi connectivity index (χ3n) is 4.50. The molecule has 1 aliphatic rings. The smallest absolute Gasteiger partial charge is 0.270 e. The largest absolute Gasteiger partial charge is 0.497 e. The van der Waals surface area contributed by atoms with Crippen LogP contribution in [0.2, 0.25) is 0 Å². The number of rotatable bonds is 5. The predicted octanol–water partition coefficient (Wildman–Crippen LogP) is 2.75. The van der Waals surface area contributed by atoms with E-state index >= 15 is 0 Å². The monoisotopic (exact) mass is 373 g/mol. The van der Waals surface area contributed by atoms with E-state index in [4.69, 9.17) is 4.74 Å². The van der Waals surface area contributed by atoms with Gasteiger partial charge < -0.3 is 10.1 Å². The average molecular weight is 373 g/mol. The zero-order chi connectivity index (χ0) is 18.5. The normalized spacial score (nSPS) is 15.7. The van der Waals surface area contributed by atoms with E-state index in [9.17, 15) is 9.59 Å². The molecule has 3 N–H and O–H groups in total. The Kier molecular flexibility index (Phi) is 5.78. The fourth-order valence-electron chi connectivity index (χ4n) is 3.00. The molecule has 1 aromatic heterocycles. The van der Waals surface area contributed by atoms with Crippen molar-refractivity contribution in [3.05, 3.63) is 45.6 Å². The molecule has 2 amide bonds. The molecule has 7 heteroatoms. The maximum Gasteiger partial charge on any atom is 0.270 e. The fourth-order valence-corrected chi connectivity index (χ4v) is 4.24. The van der Waals surface area contributed by atoms with Gasteiger partial charge in [0, 0.05) is 15.9 Å². The van der Waals surface area contributed by atoms with E-state index in [-0.39, 0.29) is 18.4 Å². The van der Waals surface area contributed by atoms with E-state index in [1.54, 1.807) is 18.4 Å². The Labute approximate surface area is 156 Å². The van der Waals surface area contributed by atoms with Gasteiger partial charge in [-0.1, -0.05) is 6.92 Å². The lowest BCUT2D eigenvalue weighted by Crippen LogP contribution is -2.44. The number of nitrogens with one attached hydrogen (secondary N) is 3. The molecule has 0 fully saturated rings. The fraction of sp³-hybridized carbons (Fsp3) is 0.368. The molecule has 6 nitrogen and oxygen atoms in total. The van der Waals surface area contributed by atoms with E-state index in [0.29, 0.717) is 11.5 Å². The standard InChI is InChI=1S/C19H23N3O3S/c1-12-3-8-15-16(11-26-17(15)9-12)19(24)22-21-18(23)10-20-13-4-6-14(25-2)7-5-13/h4-7,11-12,20H,3,8-10H2,1-2H3,(H,21,23)(H,22,24)/t12-/m1/s1. The van der Waals surface area contributed by atoms with Crippen molar-refractivity contribution in [1.82, 2.24) is 10.9 Å². The number of hydrogen-bond donors (Lipinski definition) is 3. The molecule has 1 heterocycles. The average Bonchev–Trinajstić information content (AvgIpc) is 3.07. The molecule has 138 valence electrons. The van der Waals surface area contributed by atoms with Crippen molar-refractivity contribution in [2.75, 3.05) is 19.0 Å². The summed E-state index contributed by atoms with van der Waals surface area (Å²) in [5, 5.41) is 4.88. The Bertz CT molecular complexity index is 786. The van der Waals surface area contributed by atoms with Gasteiger partial charge in [-0.15, -0.1) is 11.3 Å². The number of fused-ring (bicyclic) bond motifs is 1. The highest BCUT2D eigenvalue weighted by molar-refractivity contribution is 7.10. The molecule has 0 saturated heterocycles. The van der Waals surface area contributed by atoms with Crippen LogP contribution in [0, 0.1) is 5.92 Å². The van der Waals surface area contributed by atoms with Crippen LogP contribution in [-0.2, 0) is 17.6 Å². The van der Waals surface area contributed by atoms with Crippen LogP contribution in [-0.4, -0.2) is 25.5 Å². The van der Waals surface area contributed by atoms with Crippen LogP contribution < -0.4 is 20.9 Å². The number of benzene rings is 1. The van der Waals surface area contributed by atoms with Gasteiger partial charge in [0.1, 0.15) is 5.75 Å². The molecule has 3 rings (SSSR count). The molecule has 1 aromatic carbocycles. The summed E-state index contributed by atoms with van der Waals surface area (Å²) in [7, 11) is 1.60. The topological polar surface area (TPSA) is 79.5 Å². The second kappa shape index (κ2) is 8.23. The minimum absolute atomic E-state index is 0.0614. The van der Waals surface area contributed by atoms with Crippen molar-refractivity contribution >= 4 is 28.8 Å². The second-order valence-corrected chi connectivity index (χ2v) is 7.45. The van der Waals surface area contributed by atoms with Crippen molar-refractivity contribution in [1.29, 1.82) is 0 Å². The first-order chi connectivity index (χ1) is 12.6. The molecule has 1 aliphatic carbocycles. The molecule has 0 aliphatic heterocycles. The van der Waals surface area contributed by atoms with E-state index in [1.165, 1.54) is 4.88 Å². The van der Waals surface area contributed by atoms with Crippen molar-refractivity contribution in [3.8, 4) is 5.75 Å². The Morgan fingerprint density at radius 3 is 2.73 bits per heavy atom. The third-order valence-corrected chi connectivity index (χ3v) is 5.56. The highest BCUT2D eigenvalue weighted by atomic mass is 32.1. The predicted molar refractivity (Wildman–Crippen MR) is 103 cm³/mol. The number of ether oxygens (including phenoxy) is 1. The molecule has 0 spiro atoms. The summed E-state index contributed by atoms with van der Waals surface area (Å²) >= 11 is 1.63. The Morgan fingerprint density at radius 1 is 1.23 bits per heavy atom. The van der Waals surface area contributed by atoms with Crippen molar-refractivity contribution in [3.63, 3.8) is 0 Å². The van der Waals surface area contributed by atoms with Crippen molar-refractivity contribution in [2.45, 2.75) is 26.2 Å². The molecule has 0 bridgehead atoms. The summed E-state index contributed by atoms with van der Waals surface area (Å²) in [5.41, 5.74) is 7.58. The van der Waals surface area contributed by atoms with Gasteiger partial charge in [0.25, 0.3) is 11.8 Å². The SMILES string of the molecule is COc1ccc(NCC(=O)NNC(=O)c2csc3c2CC[C@@H](C)C3)cc1. The minimum atomic E-state index is -0.313. The first kappa shape index (κ1) is 18.3. The van der Waals surface area contributed by atoms with Crippen molar-refractivity contribution < 1.29 is 14.3 Å². The molecular weight excluding hydrogens is 350 g/mol. The number of thiophene rings is 1. The van der Waals surface area contributed by atoms with Gasteiger partial charge in [0.15, 0.2) is 0 Å². The van der Waals surface area contributed by atoms with Gasteiger partial charge in [-0.3, -0.25) is 20.4 Å². The number of methoxy groups -OCH3 is 1. The molecule has 26 heavy (non-hydrogen) atoms. The van der Waals surface area contributed by atoms with Gasteiger partial charge in [0.05, 0.1) is 19.2 Å². The highest BCUT2D eigenvalue weighted by Gasteiger charge is 2.23. The van der Waals surface area contributed by atoms with Gasteiger partial charge in [0.2, 0.25) is 0 Å². The second-order valence-electron chi connectivity index (χ2n) is 6.48. The van der Waals surface area contributed by atoms with Crippen LogP contribution in [0.3, 0.4) is 0 Å². The van der Waals surface area contributed by atoms with Gasteiger partial charge in [-0.05, 0) is 55.0 Å². The highest BCUT2D eigenvalue weighted by Crippen LogP contribution is 2.32. The number of anilines is 1. The molecule has 0 saturated carbocycles. The summed E-state index contributed by atoms with van der Waals surface area (Å²) in [4.78, 5) is 25.6. The van der Waals surface area contributed by atoms with E-state index < -0.39 is 0 Å². The van der Waals surface area contributed by atoms with Crippen LogP contribution in [0.15, 0.2) is 29.6 Å². The quantitative estimate of drug-likeness (QED) is 0.704. The Hall–Kier alpha value is -2.54. The summed E-state index contributed by atoms with van der Waals surface area (Å²) in [6, 6.07) is 7.26. The first-order valence-electron chi connectivity index (χ1n) is 8.63. The Morgan fingerprint density at radius 2 is 2.00 bits per heavy atom. The van der Waals surface area contributed by atoms with Gasteiger partial charge in [-0.2, -0.15) is 0 Å². The zero-order valence-electron chi connectivity index (χ0n) is 14.9. The van der Waals surface area contributed by atoms with Crippen LogP contribution in [0.1, 0.15) is 34.1 Å².